The average Bonchev–Trinajstić information content (AvgIpc) is 2.15. The zero-order chi connectivity index (χ0) is 6.31. The van der Waals surface area contributed by atoms with E-state index in [4.69, 9.17) is 5.11 Å². The van der Waals surface area contributed by atoms with E-state index in [2.05, 4.69) is 0 Å². The quantitative estimate of drug-likeness (QED) is 0.550. The number of carbonyl (C=O) groups is 1. The molecule has 0 aromatic carbocycles. The molecule has 0 unspecified atom stereocenters. The Kier molecular flexibility index (Phi) is 0.897. The summed E-state index contributed by atoms with van der Waals surface area (Å²) in [6.07, 6.45) is 0. The Bertz CT molecular complexity index is 167. The van der Waals surface area contributed by atoms with Gasteiger partial charge in [0.25, 0.3) is 0 Å². The first-order valence-corrected chi connectivity index (χ1v) is 2.58. The lowest BCUT2D eigenvalue weighted by molar-refractivity contribution is -0.132. The Balaban J connectivity index is 2.66. The summed E-state index contributed by atoms with van der Waals surface area (Å²) in [5.74, 6) is -0.512. The first-order valence-electron chi connectivity index (χ1n) is 2.58. The van der Waals surface area contributed by atoms with Crippen molar-refractivity contribution in [3.8, 4) is 0 Å². The van der Waals surface area contributed by atoms with Gasteiger partial charge in [-0.25, -0.2) is 4.79 Å². The zero-order valence-electron chi connectivity index (χ0n) is 4.93. The molecule has 1 atom stereocenters. The lowest BCUT2D eigenvalue weighted by Crippen LogP contribution is -1.91. The highest BCUT2D eigenvalue weighted by atomic mass is 16.4. The number of aliphatic carboxylic acids is 1. The molecule has 0 aromatic heterocycles. The standard InChI is InChI=1S/C6H8O2/c1-3-4(2)5(3)6(7)8/h3H,1-2H3,(H,7,8)/t3-/m0/s1. The van der Waals surface area contributed by atoms with E-state index in [1.54, 1.807) is 0 Å². The van der Waals surface area contributed by atoms with Gasteiger partial charge in [0.2, 0.25) is 0 Å². The Labute approximate surface area is 47.8 Å². The fraction of sp³-hybridized carbons (Fsp3) is 0.500. The van der Waals surface area contributed by atoms with Gasteiger partial charge in [0.15, 0.2) is 0 Å². The lowest BCUT2D eigenvalue weighted by Gasteiger charge is -1.79. The van der Waals surface area contributed by atoms with Crippen LogP contribution in [0.3, 0.4) is 0 Å². The predicted octanol–water partition coefficient (Wildman–Crippen LogP) is 1.04. The third kappa shape index (κ3) is 0.529. The molecule has 0 saturated carbocycles. The van der Waals surface area contributed by atoms with Crippen molar-refractivity contribution in [2.45, 2.75) is 13.8 Å². The minimum Gasteiger partial charge on any atom is -0.478 e. The van der Waals surface area contributed by atoms with Crippen molar-refractivity contribution in [2.24, 2.45) is 5.92 Å². The number of carboxylic acids is 1. The van der Waals surface area contributed by atoms with Gasteiger partial charge in [0.05, 0.1) is 0 Å². The summed E-state index contributed by atoms with van der Waals surface area (Å²) in [5.41, 5.74) is 1.63. The van der Waals surface area contributed by atoms with E-state index in [1.807, 2.05) is 13.8 Å². The van der Waals surface area contributed by atoms with Crippen molar-refractivity contribution in [3.63, 3.8) is 0 Å². The third-order valence-corrected chi connectivity index (χ3v) is 1.65. The maximum Gasteiger partial charge on any atom is 0.332 e. The highest BCUT2D eigenvalue weighted by Gasteiger charge is 2.33. The maximum absolute atomic E-state index is 10.1. The highest BCUT2D eigenvalue weighted by molar-refractivity contribution is 5.94. The van der Waals surface area contributed by atoms with Crippen molar-refractivity contribution < 1.29 is 9.90 Å². The molecule has 0 heterocycles. The second kappa shape index (κ2) is 1.34. The van der Waals surface area contributed by atoms with Crippen molar-refractivity contribution in [1.82, 2.24) is 0 Å². The second-order valence-electron chi connectivity index (χ2n) is 2.12. The van der Waals surface area contributed by atoms with Crippen LogP contribution in [0.4, 0.5) is 0 Å². The molecule has 8 heavy (non-hydrogen) atoms. The van der Waals surface area contributed by atoms with Gasteiger partial charge in [-0.2, -0.15) is 0 Å². The molecule has 0 fully saturated rings. The molecule has 0 aliphatic heterocycles. The molecule has 0 bridgehead atoms. The second-order valence-corrected chi connectivity index (χ2v) is 2.12. The Hall–Kier alpha value is -0.790. The third-order valence-electron chi connectivity index (χ3n) is 1.65. The molecule has 0 saturated heterocycles. The van der Waals surface area contributed by atoms with Gasteiger partial charge < -0.3 is 5.11 Å². The Morgan fingerprint density at radius 2 is 2.12 bits per heavy atom. The molecule has 1 N–H and O–H groups in total. The van der Waals surface area contributed by atoms with Gasteiger partial charge >= 0.3 is 5.97 Å². The smallest absolute Gasteiger partial charge is 0.332 e. The van der Waals surface area contributed by atoms with Gasteiger partial charge in [-0.05, 0) is 6.92 Å². The summed E-state index contributed by atoms with van der Waals surface area (Å²) in [5, 5.41) is 8.34. The van der Waals surface area contributed by atoms with Crippen LogP contribution in [0, 0.1) is 5.92 Å². The topological polar surface area (TPSA) is 37.3 Å². The molecule has 1 rings (SSSR count). The van der Waals surface area contributed by atoms with Crippen molar-refractivity contribution in [1.29, 1.82) is 0 Å². The Morgan fingerprint density at radius 3 is 2.12 bits per heavy atom. The minimum atomic E-state index is -0.755. The maximum atomic E-state index is 10.1. The van der Waals surface area contributed by atoms with E-state index in [0.717, 1.165) is 5.57 Å². The summed E-state index contributed by atoms with van der Waals surface area (Å²) in [6, 6.07) is 0. The number of allylic oxidation sites excluding steroid dienone is 1. The number of rotatable bonds is 1. The lowest BCUT2D eigenvalue weighted by atomic mass is 10.3. The van der Waals surface area contributed by atoms with Gasteiger partial charge in [-0.15, -0.1) is 0 Å². The fourth-order valence-corrected chi connectivity index (χ4v) is 0.834. The summed E-state index contributed by atoms with van der Waals surface area (Å²) in [7, 11) is 0. The molecule has 0 radical (unpaired) electrons. The first-order chi connectivity index (χ1) is 3.64. The first kappa shape index (κ1) is 5.35. The number of hydrogen-bond donors (Lipinski definition) is 1. The van der Waals surface area contributed by atoms with Crippen LogP contribution in [-0.4, -0.2) is 11.1 Å². The van der Waals surface area contributed by atoms with Gasteiger partial charge in [0.1, 0.15) is 0 Å². The van der Waals surface area contributed by atoms with Gasteiger partial charge in [0, 0.05) is 11.5 Å². The molecule has 2 heteroatoms. The molecule has 0 spiro atoms. The summed E-state index contributed by atoms with van der Waals surface area (Å²) in [6.45, 7) is 3.76. The van der Waals surface area contributed by atoms with Crippen LogP contribution in [0.25, 0.3) is 0 Å². The van der Waals surface area contributed by atoms with Crippen LogP contribution < -0.4 is 0 Å². The van der Waals surface area contributed by atoms with Crippen molar-refractivity contribution >= 4 is 5.97 Å². The Morgan fingerprint density at radius 1 is 1.75 bits per heavy atom. The van der Waals surface area contributed by atoms with E-state index in [0.29, 0.717) is 5.57 Å². The molecule has 0 amide bonds. The van der Waals surface area contributed by atoms with Crippen LogP contribution in [0.5, 0.6) is 0 Å². The monoisotopic (exact) mass is 112 g/mol. The summed E-state index contributed by atoms with van der Waals surface area (Å²) >= 11 is 0. The minimum absolute atomic E-state index is 0.243. The van der Waals surface area contributed by atoms with Crippen LogP contribution in [-0.2, 0) is 4.79 Å². The number of hydrogen-bond acceptors (Lipinski definition) is 1. The normalized spacial score (nSPS) is 26.0. The highest BCUT2D eigenvalue weighted by Crippen LogP contribution is 2.37. The molecular formula is C6H8O2. The van der Waals surface area contributed by atoms with E-state index >= 15 is 0 Å². The van der Waals surface area contributed by atoms with E-state index in [9.17, 15) is 4.79 Å². The van der Waals surface area contributed by atoms with Crippen LogP contribution in [0.15, 0.2) is 11.1 Å². The van der Waals surface area contributed by atoms with E-state index < -0.39 is 5.97 Å². The molecular weight excluding hydrogens is 104 g/mol. The molecule has 1 aliphatic carbocycles. The van der Waals surface area contributed by atoms with E-state index in [-0.39, 0.29) is 5.92 Å². The van der Waals surface area contributed by atoms with Crippen molar-refractivity contribution in [3.05, 3.63) is 11.1 Å². The largest absolute Gasteiger partial charge is 0.478 e. The van der Waals surface area contributed by atoms with Gasteiger partial charge in [-0.1, -0.05) is 12.5 Å². The molecule has 44 valence electrons. The molecule has 2 nitrogen and oxygen atoms in total. The zero-order valence-corrected chi connectivity index (χ0v) is 4.93. The number of carboxylic acid groups (broad SMARTS) is 1. The molecule has 0 aromatic rings. The van der Waals surface area contributed by atoms with Crippen LogP contribution in [0.1, 0.15) is 13.8 Å². The van der Waals surface area contributed by atoms with Crippen molar-refractivity contribution in [2.75, 3.05) is 0 Å². The van der Waals surface area contributed by atoms with E-state index in [1.165, 1.54) is 0 Å². The predicted molar refractivity (Wildman–Crippen MR) is 29.5 cm³/mol. The van der Waals surface area contributed by atoms with Gasteiger partial charge in [-0.3, -0.25) is 0 Å². The fourth-order valence-electron chi connectivity index (χ4n) is 0.834. The van der Waals surface area contributed by atoms with Crippen LogP contribution in [0.2, 0.25) is 0 Å². The summed E-state index contributed by atoms with van der Waals surface area (Å²) in [4.78, 5) is 10.1. The average molecular weight is 112 g/mol. The van der Waals surface area contributed by atoms with Crippen LogP contribution >= 0.6 is 0 Å². The summed E-state index contributed by atoms with van der Waals surface area (Å²) < 4.78 is 0. The SMILES string of the molecule is CC1=C(C(=O)O)[C@H]1C. The molecule has 1 aliphatic rings.